The maximum absolute atomic E-state index is 10.8. The van der Waals surface area contributed by atoms with Gasteiger partial charge in [0.15, 0.2) is 0 Å². The minimum atomic E-state index is -0.927. The Hall–Kier alpha value is -1.99. The van der Waals surface area contributed by atoms with E-state index in [1.54, 1.807) is 25.1 Å². The zero-order chi connectivity index (χ0) is 12.0. The summed E-state index contributed by atoms with van der Waals surface area (Å²) in [6.45, 7) is 2.01. The molecule has 0 radical (unpaired) electrons. The highest BCUT2D eigenvalue weighted by Gasteiger charge is 2.06. The fourth-order valence-corrected chi connectivity index (χ4v) is 1.28. The summed E-state index contributed by atoms with van der Waals surface area (Å²) in [7, 11) is 0. The van der Waals surface area contributed by atoms with Gasteiger partial charge in [0.2, 0.25) is 0 Å². The van der Waals surface area contributed by atoms with Crippen LogP contribution in [0.4, 0.5) is 5.69 Å². The average molecular weight is 219 g/mol. The number of rotatable bonds is 3. The van der Waals surface area contributed by atoms with Gasteiger partial charge in [-0.05, 0) is 30.7 Å². The van der Waals surface area contributed by atoms with E-state index >= 15 is 0 Å². The molecule has 0 aliphatic carbocycles. The summed E-state index contributed by atoms with van der Waals surface area (Å²) in [5.41, 5.74) is 1.81. The Morgan fingerprint density at radius 1 is 1.44 bits per heavy atom. The van der Waals surface area contributed by atoms with Crippen molar-refractivity contribution in [2.45, 2.75) is 6.92 Å². The lowest BCUT2D eigenvalue weighted by Gasteiger charge is -2.05. The molecule has 1 aromatic rings. The SMILES string of the molecule is Cc1cc(NCC#CCO)ccc1C(=O)O. The van der Waals surface area contributed by atoms with Crippen LogP contribution in [0.15, 0.2) is 18.2 Å². The highest BCUT2D eigenvalue weighted by atomic mass is 16.4. The van der Waals surface area contributed by atoms with Gasteiger partial charge in [0.25, 0.3) is 0 Å². The predicted molar refractivity (Wildman–Crippen MR) is 61.5 cm³/mol. The van der Waals surface area contributed by atoms with Crippen molar-refractivity contribution < 1.29 is 15.0 Å². The fraction of sp³-hybridized carbons (Fsp3) is 0.250. The number of carboxylic acids is 1. The molecule has 0 saturated carbocycles. The molecule has 0 atom stereocenters. The number of hydrogen-bond donors (Lipinski definition) is 3. The van der Waals surface area contributed by atoms with E-state index in [4.69, 9.17) is 10.2 Å². The number of benzene rings is 1. The van der Waals surface area contributed by atoms with Crippen LogP contribution in [0.1, 0.15) is 15.9 Å². The van der Waals surface area contributed by atoms with Gasteiger partial charge in [-0.3, -0.25) is 0 Å². The molecule has 0 aliphatic heterocycles. The van der Waals surface area contributed by atoms with Gasteiger partial charge in [-0.1, -0.05) is 11.8 Å². The molecule has 0 aliphatic rings. The third kappa shape index (κ3) is 3.30. The first-order valence-corrected chi connectivity index (χ1v) is 4.79. The number of aliphatic hydroxyl groups excluding tert-OH is 1. The van der Waals surface area contributed by atoms with E-state index < -0.39 is 5.97 Å². The molecular formula is C12H13NO3. The first kappa shape index (κ1) is 12.1. The number of hydrogen-bond acceptors (Lipinski definition) is 3. The van der Waals surface area contributed by atoms with Crippen LogP contribution in [0.5, 0.6) is 0 Å². The molecule has 0 bridgehead atoms. The topological polar surface area (TPSA) is 69.6 Å². The lowest BCUT2D eigenvalue weighted by molar-refractivity contribution is 0.0696. The average Bonchev–Trinajstić information content (AvgIpc) is 2.24. The summed E-state index contributed by atoms with van der Waals surface area (Å²) in [4.78, 5) is 10.8. The number of aromatic carboxylic acids is 1. The van der Waals surface area contributed by atoms with Crippen molar-refractivity contribution in [3.8, 4) is 11.8 Å². The number of aryl methyl sites for hydroxylation is 1. The van der Waals surface area contributed by atoms with Gasteiger partial charge in [0.1, 0.15) is 6.61 Å². The molecule has 0 unspecified atom stereocenters. The second-order valence-corrected chi connectivity index (χ2v) is 3.20. The molecule has 4 nitrogen and oxygen atoms in total. The zero-order valence-electron chi connectivity index (χ0n) is 8.95. The Kier molecular flexibility index (Phi) is 4.37. The van der Waals surface area contributed by atoms with Crippen molar-refractivity contribution >= 4 is 11.7 Å². The normalized spacial score (nSPS) is 9.12. The minimum Gasteiger partial charge on any atom is -0.478 e. The number of anilines is 1. The van der Waals surface area contributed by atoms with Crippen molar-refractivity contribution in [2.75, 3.05) is 18.5 Å². The number of carbonyl (C=O) groups is 1. The summed E-state index contributed by atoms with van der Waals surface area (Å²) in [6.07, 6.45) is 0. The summed E-state index contributed by atoms with van der Waals surface area (Å²) >= 11 is 0. The van der Waals surface area contributed by atoms with E-state index in [0.717, 1.165) is 5.69 Å². The third-order valence-corrected chi connectivity index (χ3v) is 2.04. The molecule has 0 spiro atoms. The van der Waals surface area contributed by atoms with Gasteiger partial charge < -0.3 is 15.5 Å². The number of aliphatic hydroxyl groups is 1. The Morgan fingerprint density at radius 3 is 2.75 bits per heavy atom. The van der Waals surface area contributed by atoms with Gasteiger partial charge >= 0.3 is 5.97 Å². The van der Waals surface area contributed by atoms with Crippen molar-refractivity contribution in [1.82, 2.24) is 0 Å². The van der Waals surface area contributed by atoms with Crippen LogP contribution in [0.2, 0.25) is 0 Å². The van der Waals surface area contributed by atoms with Gasteiger partial charge in [-0.2, -0.15) is 0 Å². The Morgan fingerprint density at radius 2 is 2.19 bits per heavy atom. The molecule has 84 valence electrons. The van der Waals surface area contributed by atoms with E-state index in [0.29, 0.717) is 17.7 Å². The third-order valence-electron chi connectivity index (χ3n) is 2.04. The highest BCUT2D eigenvalue weighted by Crippen LogP contribution is 2.14. The lowest BCUT2D eigenvalue weighted by atomic mass is 10.1. The van der Waals surface area contributed by atoms with Gasteiger partial charge in [-0.15, -0.1) is 0 Å². The molecule has 0 saturated heterocycles. The number of carboxylic acid groups (broad SMARTS) is 1. The van der Waals surface area contributed by atoms with E-state index in [1.165, 1.54) is 0 Å². The number of nitrogens with one attached hydrogen (secondary N) is 1. The van der Waals surface area contributed by atoms with Crippen LogP contribution in [-0.4, -0.2) is 29.3 Å². The smallest absolute Gasteiger partial charge is 0.335 e. The van der Waals surface area contributed by atoms with Gasteiger partial charge in [0.05, 0.1) is 12.1 Å². The lowest BCUT2D eigenvalue weighted by Crippen LogP contribution is -2.03. The maximum atomic E-state index is 10.8. The maximum Gasteiger partial charge on any atom is 0.335 e. The Balaban J connectivity index is 2.70. The van der Waals surface area contributed by atoms with Crippen LogP contribution in [-0.2, 0) is 0 Å². The van der Waals surface area contributed by atoms with E-state index in [-0.39, 0.29) is 6.61 Å². The van der Waals surface area contributed by atoms with Crippen molar-refractivity contribution in [3.63, 3.8) is 0 Å². The van der Waals surface area contributed by atoms with Gasteiger partial charge in [-0.25, -0.2) is 4.79 Å². The Labute approximate surface area is 93.9 Å². The second kappa shape index (κ2) is 5.79. The molecular weight excluding hydrogens is 206 g/mol. The van der Waals surface area contributed by atoms with E-state index in [9.17, 15) is 4.79 Å². The minimum absolute atomic E-state index is 0.154. The summed E-state index contributed by atoms with van der Waals surface area (Å²) in [6, 6.07) is 5.00. The van der Waals surface area contributed by atoms with Crippen LogP contribution in [0.25, 0.3) is 0 Å². The quantitative estimate of drug-likeness (QED) is 0.666. The molecule has 0 fully saturated rings. The largest absolute Gasteiger partial charge is 0.478 e. The first-order valence-electron chi connectivity index (χ1n) is 4.79. The molecule has 0 amide bonds. The molecule has 4 heteroatoms. The van der Waals surface area contributed by atoms with Crippen LogP contribution in [0, 0.1) is 18.8 Å². The highest BCUT2D eigenvalue weighted by molar-refractivity contribution is 5.89. The van der Waals surface area contributed by atoms with Crippen molar-refractivity contribution in [2.24, 2.45) is 0 Å². The predicted octanol–water partition coefficient (Wildman–Crippen LogP) is 1.10. The van der Waals surface area contributed by atoms with E-state index in [2.05, 4.69) is 17.2 Å². The summed E-state index contributed by atoms with van der Waals surface area (Å²) in [5, 5.41) is 20.3. The summed E-state index contributed by atoms with van der Waals surface area (Å²) < 4.78 is 0. The molecule has 16 heavy (non-hydrogen) atoms. The van der Waals surface area contributed by atoms with E-state index in [1.807, 2.05) is 0 Å². The van der Waals surface area contributed by atoms with Crippen molar-refractivity contribution in [1.29, 1.82) is 0 Å². The fourth-order valence-electron chi connectivity index (χ4n) is 1.28. The van der Waals surface area contributed by atoms with Crippen LogP contribution < -0.4 is 5.32 Å². The van der Waals surface area contributed by atoms with Crippen LogP contribution >= 0.6 is 0 Å². The molecule has 0 heterocycles. The van der Waals surface area contributed by atoms with Gasteiger partial charge in [0, 0.05) is 5.69 Å². The standard InChI is InChI=1S/C12H13NO3/c1-9-8-10(13-6-2-3-7-14)4-5-11(9)12(15)16/h4-5,8,13-14H,6-7H2,1H3,(H,15,16). The molecule has 1 rings (SSSR count). The van der Waals surface area contributed by atoms with Crippen LogP contribution in [0.3, 0.4) is 0 Å². The Bertz CT molecular complexity index is 443. The second-order valence-electron chi connectivity index (χ2n) is 3.20. The zero-order valence-corrected chi connectivity index (χ0v) is 8.95. The van der Waals surface area contributed by atoms with Crippen molar-refractivity contribution in [3.05, 3.63) is 29.3 Å². The summed E-state index contributed by atoms with van der Waals surface area (Å²) in [5.74, 6) is 4.30. The monoisotopic (exact) mass is 219 g/mol. The molecule has 1 aromatic carbocycles. The molecule has 0 aromatic heterocycles. The first-order chi connectivity index (χ1) is 7.65. The molecule has 3 N–H and O–H groups in total.